The molecule has 0 aliphatic rings. The van der Waals surface area contributed by atoms with Crippen LogP contribution in [0.25, 0.3) is 0 Å². The van der Waals surface area contributed by atoms with Gasteiger partial charge >= 0.3 is 0 Å². The van der Waals surface area contributed by atoms with E-state index in [1.54, 1.807) is 0 Å². The number of aliphatic hydroxyl groups excluding tert-OH is 1. The highest BCUT2D eigenvalue weighted by atomic mass is 16.3. The molecule has 3 heteroatoms. The van der Waals surface area contributed by atoms with Crippen LogP contribution in [-0.4, -0.2) is 23.8 Å². The van der Waals surface area contributed by atoms with E-state index in [4.69, 9.17) is 5.73 Å². The monoisotopic (exact) mass is 222 g/mol. The number of para-hydroxylation sites is 1. The smallest absolute Gasteiger partial charge is 0.0493 e. The van der Waals surface area contributed by atoms with Crippen molar-refractivity contribution in [3.05, 3.63) is 30.3 Å². The van der Waals surface area contributed by atoms with Gasteiger partial charge in [0.25, 0.3) is 0 Å². The highest BCUT2D eigenvalue weighted by Gasteiger charge is 2.30. The Balaban J connectivity index is 2.81. The average Bonchev–Trinajstić information content (AvgIpc) is 2.32. The molecule has 1 rings (SSSR count). The Hall–Kier alpha value is -1.06. The lowest BCUT2D eigenvalue weighted by molar-refractivity contribution is 0.174. The number of benzene rings is 1. The first-order valence-electron chi connectivity index (χ1n) is 5.80. The van der Waals surface area contributed by atoms with E-state index >= 15 is 0 Å². The first kappa shape index (κ1) is 13.0. The minimum absolute atomic E-state index is 0.0673. The van der Waals surface area contributed by atoms with Crippen molar-refractivity contribution < 1.29 is 5.11 Å². The van der Waals surface area contributed by atoms with Gasteiger partial charge in [0.2, 0.25) is 0 Å². The predicted molar refractivity (Wildman–Crippen MR) is 68.4 cm³/mol. The van der Waals surface area contributed by atoms with Crippen molar-refractivity contribution in [2.45, 2.75) is 25.8 Å². The molecule has 0 aliphatic carbocycles. The summed E-state index contributed by atoms with van der Waals surface area (Å²) in [4.78, 5) is 0. The molecule has 0 fully saturated rings. The van der Waals surface area contributed by atoms with Crippen molar-refractivity contribution in [1.82, 2.24) is 0 Å². The largest absolute Gasteiger partial charge is 0.396 e. The molecule has 90 valence electrons. The highest BCUT2D eigenvalue weighted by molar-refractivity contribution is 5.45. The van der Waals surface area contributed by atoms with Gasteiger partial charge in [-0.2, -0.15) is 0 Å². The van der Waals surface area contributed by atoms with Gasteiger partial charge in [0.05, 0.1) is 0 Å². The topological polar surface area (TPSA) is 58.3 Å². The third-order valence-corrected chi connectivity index (χ3v) is 3.34. The molecule has 0 radical (unpaired) electrons. The highest BCUT2D eigenvalue weighted by Crippen LogP contribution is 2.25. The summed E-state index contributed by atoms with van der Waals surface area (Å²) in [6.45, 7) is 4.81. The van der Waals surface area contributed by atoms with E-state index in [0.29, 0.717) is 6.54 Å². The molecule has 4 N–H and O–H groups in total. The Bertz CT molecular complexity index is 298. The van der Waals surface area contributed by atoms with Crippen LogP contribution in [-0.2, 0) is 0 Å². The third kappa shape index (κ3) is 2.97. The van der Waals surface area contributed by atoms with Crippen LogP contribution in [0.4, 0.5) is 5.69 Å². The average molecular weight is 222 g/mol. The minimum Gasteiger partial charge on any atom is -0.396 e. The van der Waals surface area contributed by atoms with Crippen molar-refractivity contribution in [2.75, 3.05) is 18.5 Å². The molecule has 0 spiro atoms. The predicted octanol–water partition coefficient (Wildman–Crippen LogP) is 1.83. The Morgan fingerprint density at radius 1 is 1.38 bits per heavy atom. The van der Waals surface area contributed by atoms with Gasteiger partial charge in [-0.3, -0.25) is 0 Å². The van der Waals surface area contributed by atoms with E-state index in [2.05, 4.69) is 19.2 Å². The van der Waals surface area contributed by atoms with Crippen molar-refractivity contribution in [3.63, 3.8) is 0 Å². The van der Waals surface area contributed by atoms with Crippen LogP contribution in [0.15, 0.2) is 30.3 Å². The van der Waals surface area contributed by atoms with Gasteiger partial charge in [0, 0.05) is 23.8 Å². The molecular weight excluding hydrogens is 200 g/mol. The fourth-order valence-electron chi connectivity index (χ4n) is 1.87. The quantitative estimate of drug-likeness (QED) is 0.688. The number of rotatable bonds is 6. The zero-order chi connectivity index (χ0) is 12.0. The lowest BCUT2D eigenvalue weighted by atomic mass is 9.83. The minimum atomic E-state index is -0.162. The summed E-state index contributed by atoms with van der Waals surface area (Å²) < 4.78 is 0. The van der Waals surface area contributed by atoms with E-state index < -0.39 is 0 Å². The maximum absolute atomic E-state index is 9.35. The van der Waals surface area contributed by atoms with Crippen molar-refractivity contribution >= 4 is 5.69 Å². The zero-order valence-corrected chi connectivity index (χ0v) is 10.1. The van der Waals surface area contributed by atoms with E-state index in [1.165, 1.54) is 0 Å². The van der Waals surface area contributed by atoms with Gasteiger partial charge in [-0.25, -0.2) is 0 Å². The van der Waals surface area contributed by atoms with Crippen LogP contribution < -0.4 is 11.1 Å². The molecule has 0 amide bonds. The molecule has 2 unspecified atom stereocenters. The van der Waals surface area contributed by atoms with E-state index in [9.17, 15) is 5.11 Å². The van der Waals surface area contributed by atoms with Crippen LogP contribution in [0, 0.1) is 5.92 Å². The van der Waals surface area contributed by atoms with Crippen LogP contribution >= 0.6 is 0 Å². The molecule has 3 nitrogen and oxygen atoms in total. The van der Waals surface area contributed by atoms with Gasteiger partial charge in [-0.05, 0) is 32.0 Å². The molecule has 1 aromatic carbocycles. The van der Waals surface area contributed by atoms with Crippen molar-refractivity contribution in [1.29, 1.82) is 0 Å². The summed E-state index contributed by atoms with van der Waals surface area (Å²) in [6, 6.07) is 10.0. The fourth-order valence-corrected chi connectivity index (χ4v) is 1.87. The molecule has 0 saturated heterocycles. The summed E-state index contributed by atoms with van der Waals surface area (Å²) in [5.74, 6) is 0.0673. The maximum atomic E-state index is 9.35. The number of nitrogens with two attached hydrogens (primary N) is 1. The van der Waals surface area contributed by atoms with Gasteiger partial charge in [0.15, 0.2) is 0 Å². The molecular formula is C13H22N2O. The Labute approximate surface area is 97.7 Å². The number of nitrogens with one attached hydrogen (secondary N) is 1. The molecule has 1 aromatic rings. The third-order valence-electron chi connectivity index (χ3n) is 3.34. The zero-order valence-electron chi connectivity index (χ0n) is 10.1. The summed E-state index contributed by atoms with van der Waals surface area (Å²) >= 11 is 0. The maximum Gasteiger partial charge on any atom is 0.0493 e. The van der Waals surface area contributed by atoms with Crippen LogP contribution in [0.2, 0.25) is 0 Å². The van der Waals surface area contributed by atoms with Gasteiger partial charge in [0.1, 0.15) is 0 Å². The number of hydrogen-bond acceptors (Lipinski definition) is 3. The van der Waals surface area contributed by atoms with Crippen molar-refractivity contribution in [3.8, 4) is 0 Å². The van der Waals surface area contributed by atoms with Crippen molar-refractivity contribution in [2.24, 2.45) is 11.7 Å². The molecule has 2 atom stereocenters. The van der Waals surface area contributed by atoms with Gasteiger partial charge in [-0.1, -0.05) is 25.1 Å². The SMILES string of the molecule is CCC(C)(Nc1ccccc1)C(CN)CO. The van der Waals surface area contributed by atoms with E-state index in [-0.39, 0.29) is 18.1 Å². The summed E-state index contributed by atoms with van der Waals surface area (Å²) in [7, 11) is 0. The summed E-state index contributed by atoms with van der Waals surface area (Å²) in [5.41, 5.74) is 6.61. The molecule has 0 heterocycles. The number of aliphatic hydroxyl groups is 1. The molecule has 0 aliphatic heterocycles. The number of hydrogen-bond donors (Lipinski definition) is 3. The second-order valence-electron chi connectivity index (χ2n) is 4.38. The standard InChI is InChI=1S/C13H22N2O/c1-3-13(2,11(9-14)10-16)15-12-7-5-4-6-8-12/h4-8,11,15-16H,3,9-10,14H2,1-2H3. The van der Waals surface area contributed by atoms with Gasteiger partial charge in [-0.15, -0.1) is 0 Å². The lowest BCUT2D eigenvalue weighted by Crippen LogP contribution is -2.47. The Morgan fingerprint density at radius 2 is 2.00 bits per heavy atom. The first-order valence-corrected chi connectivity index (χ1v) is 5.80. The van der Waals surface area contributed by atoms with E-state index in [1.807, 2.05) is 30.3 Å². The summed E-state index contributed by atoms with van der Waals surface area (Å²) in [5, 5.41) is 12.8. The molecule has 0 aromatic heterocycles. The molecule has 16 heavy (non-hydrogen) atoms. The lowest BCUT2D eigenvalue weighted by Gasteiger charge is -2.37. The van der Waals surface area contributed by atoms with Crippen LogP contribution in [0.5, 0.6) is 0 Å². The normalized spacial score (nSPS) is 16.5. The van der Waals surface area contributed by atoms with E-state index in [0.717, 1.165) is 12.1 Å². The van der Waals surface area contributed by atoms with Crippen LogP contribution in [0.1, 0.15) is 20.3 Å². The molecule has 0 bridgehead atoms. The second kappa shape index (κ2) is 5.87. The Morgan fingerprint density at radius 3 is 2.44 bits per heavy atom. The van der Waals surface area contributed by atoms with Crippen LogP contribution in [0.3, 0.4) is 0 Å². The Kier molecular flexibility index (Phi) is 4.77. The fraction of sp³-hybridized carbons (Fsp3) is 0.538. The first-order chi connectivity index (χ1) is 7.66. The summed E-state index contributed by atoms with van der Waals surface area (Å²) in [6.07, 6.45) is 0.921. The number of anilines is 1. The van der Waals surface area contributed by atoms with Gasteiger partial charge < -0.3 is 16.2 Å². The second-order valence-corrected chi connectivity index (χ2v) is 4.38. The molecule has 0 saturated carbocycles.